The van der Waals surface area contributed by atoms with Crippen LogP contribution < -0.4 is 14.4 Å². The first-order valence-electron chi connectivity index (χ1n) is 12.7. The van der Waals surface area contributed by atoms with Crippen molar-refractivity contribution in [3.05, 3.63) is 89.7 Å². The smallest absolute Gasteiger partial charge is 0.264 e. The molecule has 3 rings (SSSR count). The molecule has 0 unspecified atom stereocenters. The van der Waals surface area contributed by atoms with Gasteiger partial charge in [0.15, 0.2) is 0 Å². The van der Waals surface area contributed by atoms with E-state index >= 15 is 0 Å². The van der Waals surface area contributed by atoms with Crippen molar-refractivity contribution >= 4 is 27.5 Å². The molecule has 0 saturated heterocycles. The maximum absolute atomic E-state index is 13.9. The van der Waals surface area contributed by atoms with Crippen LogP contribution in [0.1, 0.15) is 31.4 Å². The number of likely N-dealkylation sites (N-methyl/N-ethyl adjacent to an activating group) is 1. The molecular weight excluding hydrogens is 521 g/mol. The van der Waals surface area contributed by atoms with Crippen LogP contribution in [0.25, 0.3) is 0 Å². The Balaban J connectivity index is 2.06. The second kappa shape index (κ2) is 13.2. The lowest BCUT2D eigenvalue weighted by atomic mass is 10.1. The molecule has 1 atom stereocenters. The quantitative estimate of drug-likeness (QED) is 0.360. The van der Waals surface area contributed by atoms with Gasteiger partial charge < -0.3 is 15.0 Å². The van der Waals surface area contributed by atoms with Crippen LogP contribution in [0.15, 0.2) is 77.7 Å². The highest BCUT2D eigenvalue weighted by Crippen LogP contribution is 2.27. The van der Waals surface area contributed by atoms with E-state index in [2.05, 4.69) is 5.32 Å². The largest absolute Gasteiger partial charge is 0.494 e. The van der Waals surface area contributed by atoms with E-state index in [1.807, 2.05) is 38.1 Å². The highest BCUT2D eigenvalue weighted by molar-refractivity contribution is 7.92. The molecule has 0 fully saturated rings. The van der Waals surface area contributed by atoms with Crippen LogP contribution in [0.3, 0.4) is 0 Å². The van der Waals surface area contributed by atoms with Crippen LogP contribution in [-0.2, 0) is 26.2 Å². The minimum atomic E-state index is -4.28. The number of sulfonamides is 1. The lowest BCUT2D eigenvalue weighted by Crippen LogP contribution is -2.51. The average molecular weight is 556 g/mol. The molecule has 0 bridgehead atoms. The van der Waals surface area contributed by atoms with E-state index < -0.39 is 34.3 Å². The topological polar surface area (TPSA) is 96.0 Å². The van der Waals surface area contributed by atoms with E-state index in [0.717, 1.165) is 39.7 Å². The summed E-state index contributed by atoms with van der Waals surface area (Å²) in [4.78, 5) is 27.9. The highest BCUT2D eigenvalue weighted by Gasteiger charge is 2.33. The molecule has 0 spiro atoms. The highest BCUT2D eigenvalue weighted by atomic mass is 32.2. The number of rotatable bonds is 12. The van der Waals surface area contributed by atoms with Crippen LogP contribution in [0.5, 0.6) is 5.75 Å². The number of benzene rings is 3. The fourth-order valence-corrected chi connectivity index (χ4v) is 5.65. The first kappa shape index (κ1) is 29.6. The third-order valence-corrected chi connectivity index (χ3v) is 7.97. The number of amides is 2. The normalized spacial score (nSPS) is 11.9. The van der Waals surface area contributed by atoms with Gasteiger partial charge in [-0.2, -0.15) is 0 Å². The second-order valence-electron chi connectivity index (χ2n) is 8.94. The zero-order chi connectivity index (χ0) is 28.6. The van der Waals surface area contributed by atoms with Gasteiger partial charge in [0.25, 0.3) is 10.0 Å². The number of carbonyl (C=O) groups is 2. The average Bonchev–Trinajstić information content (AvgIpc) is 2.92. The molecule has 0 aromatic heterocycles. The number of carbonyl (C=O) groups excluding carboxylic acids is 2. The Bertz CT molecular complexity index is 1380. The molecule has 10 heteroatoms. The Morgan fingerprint density at radius 3 is 2.23 bits per heavy atom. The molecule has 0 aliphatic rings. The molecule has 3 aromatic carbocycles. The van der Waals surface area contributed by atoms with Crippen molar-refractivity contribution in [2.24, 2.45) is 0 Å². The number of nitrogens with one attached hydrogen (secondary N) is 1. The standard InChI is InChI=1S/C29H34FN3O5S/c1-5-27(29(35)31-4)32(19-22-9-7-8-21(3)18-22)28(34)20-33(24-12-14-25(15-13-24)38-6-2)39(36,37)26-16-10-23(30)11-17-26/h7-18,27H,5-6,19-20H2,1-4H3,(H,31,35)/t27-/m0/s1. The van der Waals surface area contributed by atoms with Gasteiger partial charge in [-0.25, -0.2) is 12.8 Å². The molecule has 0 radical (unpaired) electrons. The van der Waals surface area contributed by atoms with Crippen molar-refractivity contribution in [2.75, 3.05) is 24.5 Å². The fourth-order valence-electron chi connectivity index (χ4n) is 4.23. The predicted molar refractivity (Wildman–Crippen MR) is 148 cm³/mol. The number of halogens is 1. The predicted octanol–water partition coefficient (Wildman–Crippen LogP) is 4.28. The first-order valence-corrected chi connectivity index (χ1v) is 14.1. The Hall–Kier alpha value is -3.92. The molecule has 8 nitrogen and oxygen atoms in total. The number of nitrogens with zero attached hydrogens (tertiary/aromatic N) is 2. The molecule has 3 aromatic rings. The van der Waals surface area contributed by atoms with Crippen LogP contribution in [-0.4, -0.2) is 51.4 Å². The molecule has 0 aliphatic heterocycles. The number of anilines is 1. The summed E-state index contributed by atoms with van der Waals surface area (Å²) < 4.78 is 47.6. The van der Waals surface area contributed by atoms with Gasteiger partial charge in [0, 0.05) is 13.6 Å². The van der Waals surface area contributed by atoms with E-state index in [9.17, 15) is 22.4 Å². The number of ether oxygens (including phenoxy) is 1. The van der Waals surface area contributed by atoms with Gasteiger partial charge in [0.05, 0.1) is 17.2 Å². The number of aryl methyl sites for hydroxylation is 1. The Labute approximate surface area is 229 Å². The number of hydrogen-bond acceptors (Lipinski definition) is 5. The summed E-state index contributed by atoms with van der Waals surface area (Å²) in [6.45, 7) is 5.51. The van der Waals surface area contributed by atoms with Crippen LogP contribution in [0, 0.1) is 12.7 Å². The summed E-state index contributed by atoms with van der Waals surface area (Å²) in [6, 6.07) is 17.4. The molecule has 1 N–H and O–H groups in total. The second-order valence-corrected chi connectivity index (χ2v) is 10.8. The van der Waals surface area contributed by atoms with Crippen molar-refractivity contribution in [1.29, 1.82) is 0 Å². The van der Waals surface area contributed by atoms with Gasteiger partial charge in [-0.15, -0.1) is 0 Å². The van der Waals surface area contributed by atoms with E-state index in [1.165, 1.54) is 11.9 Å². The van der Waals surface area contributed by atoms with E-state index in [-0.39, 0.29) is 23.0 Å². The van der Waals surface area contributed by atoms with Gasteiger partial charge in [-0.3, -0.25) is 13.9 Å². The monoisotopic (exact) mass is 555 g/mol. The van der Waals surface area contributed by atoms with Gasteiger partial charge in [-0.1, -0.05) is 36.8 Å². The summed E-state index contributed by atoms with van der Waals surface area (Å²) in [5, 5.41) is 2.60. The van der Waals surface area contributed by atoms with Gasteiger partial charge in [0.1, 0.15) is 24.2 Å². The van der Waals surface area contributed by atoms with Crippen LogP contribution in [0.2, 0.25) is 0 Å². The summed E-state index contributed by atoms with van der Waals surface area (Å²) in [5.41, 5.74) is 2.02. The van der Waals surface area contributed by atoms with Gasteiger partial charge in [-0.05, 0) is 74.4 Å². The van der Waals surface area contributed by atoms with E-state index in [4.69, 9.17) is 4.74 Å². The van der Waals surface area contributed by atoms with Gasteiger partial charge >= 0.3 is 0 Å². The third-order valence-electron chi connectivity index (χ3n) is 6.18. The minimum Gasteiger partial charge on any atom is -0.494 e. The van der Waals surface area contributed by atoms with Crippen molar-refractivity contribution in [2.45, 2.75) is 44.7 Å². The summed E-state index contributed by atoms with van der Waals surface area (Å²) in [5.74, 6) is -0.962. The summed E-state index contributed by atoms with van der Waals surface area (Å²) in [6.07, 6.45) is 0.324. The summed E-state index contributed by atoms with van der Waals surface area (Å²) >= 11 is 0. The maximum atomic E-state index is 13.9. The van der Waals surface area contributed by atoms with Crippen molar-refractivity contribution < 1.29 is 27.1 Å². The maximum Gasteiger partial charge on any atom is 0.264 e. The molecule has 0 heterocycles. The van der Waals surface area contributed by atoms with Crippen molar-refractivity contribution in [1.82, 2.24) is 10.2 Å². The molecule has 0 saturated carbocycles. The Morgan fingerprint density at radius 1 is 1.00 bits per heavy atom. The minimum absolute atomic E-state index is 0.111. The molecule has 208 valence electrons. The van der Waals surface area contributed by atoms with Crippen LogP contribution in [0.4, 0.5) is 10.1 Å². The Kier molecular flexibility index (Phi) is 10.1. The Morgan fingerprint density at radius 2 is 1.67 bits per heavy atom. The van der Waals surface area contributed by atoms with Crippen molar-refractivity contribution in [3.8, 4) is 5.75 Å². The van der Waals surface area contributed by atoms with Gasteiger partial charge in [0.2, 0.25) is 11.8 Å². The number of hydrogen-bond donors (Lipinski definition) is 1. The molecule has 39 heavy (non-hydrogen) atoms. The van der Waals surface area contributed by atoms with Crippen molar-refractivity contribution in [3.63, 3.8) is 0 Å². The molecular formula is C29H34FN3O5S. The zero-order valence-electron chi connectivity index (χ0n) is 22.6. The lowest BCUT2D eigenvalue weighted by Gasteiger charge is -2.33. The lowest BCUT2D eigenvalue weighted by molar-refractivity contribution is -0.140. The zero-order valence-corrected chi connectivity index (χ0v) is 23.4. The van der Waals surface area contributed by atoms with E-state index in [1.54, 1.807) is 31.2 Å². The third kappa shape index (κ3) is 7.35. The fraction of sp³-hybridized carbons (Fsp3) is 0.310. The molecule has 0 aliphatic carbocycles. The van der Waals surface area contributed by atoms with Crippen LogP contribution >= 0.6 is 0 Å². The molecule has 2 amide bonds. The summed E-state index contributed by atoms with van der Waals surface area (Å²) in [7, 11) is -2.79. The van der Waals surface area contributed by atoms with E-state index in [0.29, 0.717) is 18.8 Å². The first-order chi connectivity index (χ1) is 18.6. The SMILES string of the molecule is CCOc1ccc(N(CC(=O)N(Cc2cccc(C)c2)[C@@H](CC)C(=O)NC)S(=O)(=O)c2ccc(F)cc2)cc1.